The Labute approximate surface area is 234 Å². The monoisotopic (exact) mass is 528 g/mol. The van der Waals surface area contributed by atoms with Crippen LogP contribution in [0.2, 0.25) is 0 Å². The molecule has 1 aliphatic heterocycles. The van der Waals surface area contributed by atoms with Crippen LogP contribution in [0.25, 0.3) is 33.1 Å². The molecule has 2 aromatic heterocycles. The van der Waals surface area contributed by atoms with E-state index in [9.17, 15) is 0 Å². The first kappa shape index (κ1) is 25.1. The largest absolute Gasteiger partial charge is 0.352 e. The van der Waals surface area contributed by atoms with Crippen molar-refractivity contribution in [1.82, 2.24) is 9.97 Å². The molecule has 0 amide bonds. The molecule has 5 heteroatoms. The molecule has 0 unspecified atom stereocenters. The highest BCUT2D eigenvalue weighted by molar-refractivity contribution is 7.22. The number of thiazole rings is 1. The minimum Gasteiger partial charge on any atom is -0.352 e. The summed E-state index contributed by atoms with van der Waals surface area (Å²) in [5, 5.41) is 4.34. The second-order valence-corrected chi connectivity index (χ2v) is 11.0. The Morgan fingerprint density at radius 2 is 1.85 bits per heavy atom. The summed E-state index contributed by atoms with van der Waals surface area (Å²) in [6.45, 7) is 14.6. The number of hydrogen-bond acceptors (Lipinski definition) is 5. The number of pyridine rings is 1. The van der Waals surface area contributed by atoms with Crippen LogP contribution in [0.5, 0.6) is 0 Å². The van der Waals surface area contributed by atoms with Gasteiger partial charge in [-0.15, -0.1) is 0 Å². The van der Waals surface area contributed by atoms with Crippen molar-refractivity contribution >= 4 is 44.3 Å². The van der Waals surface area contributed by atoms with Gasteiger partial charge in [0.1, 0.15) is 5.82 Å². The van der Waals surface area contributed by atoms with Crippen molar-refractivity contribution in [3.63, 3.8) is 0 Å². The average molecular weight is 529 g/mol. The lowest BCUT2D eigenvalue weighted by atomic mass is 9.93. The van der Waals surface area contributed by atoms with Crippen molar-refractivity contribution < 1.29 is 0 Å². The summed E-state index contributed by atoms with van der Waals surface area (Å²) in [4.78, 5) is 12.2. The standard InChI is InChI=1S/C34H32N4S/c1-5-24-11-9-13-26(22(24)3)28-17-18-33(36-30(28)6-2)38-20-19-25-12-10-14-27(29(25)21-38)23(4)35-34-37-31-15-7-8-16-32(31)39-34/h6-18H,2,4-5,19-21H2,1,3H3,(H,35,37). The molecule has 4 nitrogen and oxygen atoms in total. The first-order valence-electron chi connectivity index (χ1n) is 13.5. The van der Waals surface area contributed by atoms with E-state index in [-0.39, 0.29) is 0 Å². The summed E-state index contributed by atoms with van der Waals surface area (Å²) in [7, 11) is 0. The second kappa shape index (κ2) is 10.5. The Kier molecular flexibility index (Phi) is 6.76. The molecule has 5 aromatic rings. The van der Waals surface area contributed by atoms with Gasteiger partial charge in [0.2, 0.25) is 0 Å². The zero-order valence-corrected chi connectivity index (χ0v) is 23.3. The summed E-state index contributed by atoms with van der Waals surface area (Å²) in [6.07, 6.45) is 3.86. The fourth-order valence-electron chi connectivity index (χ4n) is 5.56. The van der Waals surface area contributed by atoms with E-state index in [2.05, 4.69) is 91.8 Å². The minimum absolute atomic E-state index is 0.777. The minimum atomic E-state index is 0.777. The van der Waals surface area contributed by atoms with E-state index in [1.54, 1.807) is 11.3 Å². The highest BCUT2D eigenvalue weighted by atomic mass is 32.1. The van der Waals surface area contributed by atoms with Gasteiger partial charge in [0.05, 0.1) is 15.9 Å². The molecule has 0 radical (unpaired) electrons. The molecule has 0 fully saturated rings. The molecule has 0 aliphatic carbocycles. The molecular weight excluding hydrogens is 496 g/mol. The molecule has 0 spiro atoms. The van der Waals surface area contributed by atoms with Crippen molar-refractivity contribution in [2.45, 2.75) is 33.2 Å². The number of para-hydroxylation sites is 1. The van der Waals surface area contributed by atoms with Gasteiger partial charge in [0.15, 0.2) is 5.13 Å². The molecule has 6 rings (SSSR count). The van der Waals surface area contributed by atoms with Gasteiger partial charge in [-0.25, -0.2) is 9.97 Å². The van der Waals surface area contributed by atoms with Gasteiger partial charge in [-0.05, 0) is 77.9 Å². The van der Waals surface area contributed by atoms with Crippen LogP contribution >= 0.6 is 11.3 Å². The maximum atomic E-state index is 5.09. The van der Waals surface area contributed by atoms with Crippen molar-refractivity contribution in [2.24, 2.45) is 0 Å². The summed E-state index contributed by atoms with van der Waals surface area (Å²) in [5.41, 5.74) is 11.6. The lowest BCUT2D eigenvalue weighted by molar-refractivity contribution is 0.719. The molecule has 1 aliphatic rings. The lowest BCUT2D eigenvalue weighted by Gasteiger charge is -2.32. The molecule has 3 aromatic carbocycles. The Morgan fingerprint density at radius 3 is 2.67 bits per heavy atom. The number of hydrogen-bond donors (Lipinski definition) is 1. The van der Waals surface area contributed by atoms with Crippen molar-refractivity contribution in [2.75, 3.05) is 16.8 Å². The zero-order chi connectivity index (χ0) is 26.9. The van der Waals surface area contributed by atoms with E-state index in [0.717, 1.165) is 64.9 Å². The molecular formula is C34H32N4S. The second-order valence-electron chi connectivity index (χ2n) is 9.95. The van der Waals surface area contributed by atoms with Crippen molar-refractivity contribution in [1.29, 1.82) is 0 Å². The van der Waals surface area contributed by atoms with Crippen LogP contribution in [0, 0.1) is 6.92 Å². The zero-order valence-electron chi connectivity index (χ0n) is 22.5. The maximum Gasteiger partial charge on any atom is 0.188 e. The van der Waals surface area contributed by atoms with E-state index in [1.807, 2.05) is 24.3 Å². The third-order valence-corrected chi connectivity index (χ3v) is 8.65. The molecule has 194 valence electrons. The SMILES string of the molecule is C=Cc1nc(N2CCc3cccc(C(=C)Nc4nc5ccccc5s4)c3C2)ccc1-c1cccc(CC)c1C. The smallest absolute Gasteiger partial charge is 0.188 e. The summed E-state index contributed by atoms with van der Waals surface area (Å²) in [5.74, 6) is 0.975. The van der Waals surface area contributed by atoms with Crippen LogP contribution in [0.15, 0.2) is 86.0 Å². The van der Waals surface area contributed by atoms with Gasteiger partial charge in [-0.3, -0.25) is 0 Å². The topological polar surface area (TPSA) is 41.1 Å². The summed E-state index contributed by atoms with van der Waals surface area (Å²) >= 11 is 1.65. The van der Waals surface area contributed by atoms with Crippen LogP contribution in [-0.4, -0.2) is 16.5 Å². The number of benzene rings is 3. The molecule has 39 heavy (non-hydrogen) atoms. The van der Waals surface area contributed by atoms with Crippen LogP contribution in [0.4, 0.5) is 10.9 Å². The van der Waals surface area contributed by atoms with Crippen LogP contribution in [0.1, 0.15) is 40.4 Å². The highest BCUT2D eigenvalue weighted by Crippen LogP contribution is 2.34. The fourth-order valence-corrected chi connectivity index (χ4v) is 6.45. The molecule has 0 saturated heterocycles. The van der Waals surface area contributed by atoms with Gasteiger partial charge in [-0.2, -0.15) is 0 Å². The lowest BCUT2D eigenvalue weighted by Crippen LogP contribution is -2.32. The number of nitrogens with one attached hydrogen (secondary N) is 1. The van der Waals surface area contributed by atoms with E-state index in [1.165, 1.54) is 32.5 Å². The molecule has 3 heterocycles. The Balaban J connectivity index is 1.28. The van der Waals surface area contributed by atoms with Crippen molar-refractivity contribution in [3.8, 4) is 11.1 Å². The van der Waals surface area contributed by atoms with Crippen LogP contribution in [-0.2, 0) is 19.4 Å². The average Bonchev–Trinajstić information content (AvgIpc) is 3.38. The number of anilines is 2. The fraction of sp³-hybridized carbons (Fsp3) is 0.176. The first-order chi connectivity index (χ1) is 19.1. The van der Waals surface area contributed by atoms with Gasteiger partial charge >= 0.3 is 0 Å². The number of fused-ring (bicyclic) bond motifs is 2. The Morgan fingerprint density at radius 1 is 1.00 bits per heavy atom. The van der Waals surface area contributed by atoms with Gasteiger partial charge in [0, 0.05) is 29.9 Å². The number of aromatic nitrogens is 2. The van der Waals surface area contributed by atoms with Crippen LogP contribution < -0.4 is 10.2 Å². The van der Waals surface area contributed by atoms with E-state index in [4.69, 9.17) is 9.97 Å². The third kappa shape index (κ3) is 4.75. The predicted octanol–water partition coefficient (Wildman–Crippen LogP) is 8.52. The molecule has 0 atom stereocenters. The van der Waals surface area contributed by atoms with Gasteiger partial charge in [-0.1, -0.05) is 79.9 Å². The predicted molar refractivity (Wildman–Crippen MR) is 167 cm³/mol. The van der Waals surface area contributed by atoms with Gasteiger partial charge < -0.3 is 10.2 Å². The van der Waals surface area contributed by atoms with E-state index < -0.39 is 0 Å². The first-order valence-corrected chi connectivity index (χ1v) is 14.3. The third-order valence-electron chi connectivity index (χ3n) is 7.69. The summed E-state index contributed by atoms with van der Waals surface area (Å²) in [6, 6.07) is 25.6. The van der Waals surface area contributed by atoms with Crippen molar-refractivity contribution in [3.05, 3.63) is 119 Å². The summed E-state index contributed by atoms with van der Waals surface area (Å²) < 4.78 is 1.17. The number of nitrogens with zero attached hydrogens (tertiary/aromatic N) is 3. The highest BCUT2D eigenvalue weighted by Gasteiger charge is 2.22. The van der Waals surface area contributed by atoms with Crippen LogP contribution in [0.3, 0.4) is 0 Å². The Hall–Kier alpha value is -4.22. The molecule has 0 bridgehead atoms. The van der Waals surface area contributed by atoms with Gasteiger partial charge in [0.25, 0.3) is 0 Å². The molecule has 0 saturated carbocycles. The normalized spacial score (nSPS) is 12.8. The molecule has 1 N–H and O–H groups in total. The quantitative estimate of drug-likeness (QED) is 0.230. The number of aryl methyl sites for hydroxylation is 1. The van der Waals surface area contributed by atoms with E-state index in [0.29, 0.717) is 0 Å². The number of rotatable bonds is 7. The maximum absolute atomic E-state index is 5.09. The van der Waals surface area contributed by atoms with E-state index >= 15 is 0 Å². The Bertz CT molecular complexity index is 1680.